The van der Waals surface area contributed by atoms with Crippen molar-refractivity contribution in [2.75, 3.05) is 25.0 Å². The fourth-order valence-corrected chi connectivity index (χ4v) is 2.70. The Morgan fingerprint density at radius 3 is 3.00 bits per heavy atom. The number of amides is 1. The highest BCUT2D eigenvalue weighted by atomic mass is 79.9. The molecule has 3 nitrogen and oxygen atoms in total. The third-order valence-electron chi connectivity index (χ3n) is 3.53. The minimum atomic E-state index is 0.199. The lowest BCUT2D eigenvalue weighted by Gasteiger charge is -2.21. The van der Waals surface area contributed by atoms with Crippen LogP contribution in [0, 0.1) is 12.8 Å². The Hall–Kier alpha value is -0.870. The molecule has 0 radical (unpaired) electrons. The summed E-state index contributed by atoms with van der Waals surface area (Å²) in [5.74, 6) is 0.692. The maximum Gasteiger partial charge on any atom is 0.227 e. The van der Waals surface area contributed by atoms with Crippen LogP contribution < -0.4 is 10.2 Å². The molecule has 18 heavy (non-hydrogen) atoms. The number of aryl methyl sites for hydroxylation is 1. The van der Waals surface area contributed by atoms with Crippen molar-refractivity contribution >= 4 is 27.5 Å². The number of carbonyl (C=O) groups excluding carboxylic acids is 1. The number of anilines is 1. The lowest BCUT2D eigenvalue weighted by Crippen LogP contribution is -2.29. The molecule has 1 aliphatic heterocycles. The van der Waals surface area contributed by atoms with E-state index in [1.54, 1.807) is 4.90 Å². The van der Waals surface area contributed by atoms with E-state index in [1.165, 1.54) is 0 Å². The van der Waals surface area contributed by atoms with Gasteiger partial charge in [-0.3, -0.25) is 4.79 Å². The molecule has 1 aromatic carbocycles. The largest absolute Gasteiger partial charge is 0.316 e. The van der Waals surface area contributed by atoms with Crippen molar-refractivity contribution in [3.05, 3.63) is 28.2 Å². The van der Waals surface area contributed by atoms with Gasteiger partial charge in [-0.1, -0.05) is 22.0 Å². The summed E-state index contributed by atoms with van der Waals surface area (Å²) in [6.07, 6.45) is 1.74. The first-order valence-electron chi connectivity index (χ1n) is 6.31. The number of nitrogens with one attached hydrogen (secondary N) is 1. The van der Waals surface area contributed by atoms with Gasteiger partial charge in [0.15, 0.2) is 0 Å². The quantitative estimate of drug-likeness (QED) is 0.931. The van der Waals surface area contributed by atoms with Gasteiger partial charge in [0.05, 0.1) is 0 Å². The standard InChI is InChI=1S/C14H19BrN2O/c1-10-3-4-12(15)8-13(10)17(2)14(18)7-11-5-6-16-9-11/h3-4,8,11,16H,5-7,9H2,1-2H3. The molecule has 1 aromatic rings. The molecule has 2 rings (SSSR count). The molecule has 4 heteroatoms. The summed E-state index contributed by atoms with van der Waals surface area (Å²) < 4.78 is 1.00. The molecule has 1 saturated heterocycles. The van der Waals surface area contributed by atoms with E-state index < -0.39 is 0 Å². The summed E-state index contributed by atoms with van der Waals surface area (Å²) in [4.78, 5) is 14.0. The zero-order valence-electron chi connectivity index (χ0n) is 10.9. The second kappa shape index (κ2) is 5.85. The molecule has 1 unspecified atom stereocenters. The van der Waals surface area contributed by atoms with Crippen LogP contribution in [0.4, 0.5) is 5.69 Å². The lowest BCUT2D eigenvalue weighted by atomic mass is 10.0. The van der Waals surface area contributed by atoms with Crippen molar-refractivity contribution in [1.29, 1.82) is 0 Å². The highest BCUT2D eigenvalue weighted by molar-refractivity contribution is 9.10. The van der Waals surface area contributed by atoms with E-state index in [0.29, 0.717) is 12.3 Å². The maximum absolute atomic E-state index is 12.2. The van der Waals surface area contributed by atoms with Crippen molar-refractivity contribution in [3.63, 3.8) is 0 Å². The second-order valence-electron chi connectivity index (χ2n) is 4.95. The average Bonchev–Trinajstić information content (AvgIpc) is 2.84. The molecule has 1 fully saturated rings. The molecule has 1 heterocycles. The van der Waals surface area contributed by atoms with Crippen LogP contribution >= 0.6 is 15.9 Å². The Morgan fingerprint density at radius 2 is 2.33 bits per heavy atom. The van der Waals surface area contributed by atoms with E-state index in [2.05, 4.69) is 21.2 Å². The first kappa shape index (κ1) is 13.6. The van der Waals surface area contributed by atoms with E-state index in [9.17, 15) is 4.79 Å². The molecule has 1 amide bonds. The van der Waals surface area contributed by atoms with E-state index in [1.807, 2.05) is 32.2 Å². The monoisotopic (exact) mass is 310 g/mol. The number of hydrogen-bond donors (Lipinski definition) is 1. The number of carbonyl (C=O) groups is 1. The highest BCUT2D eigenvalue weighted by Gasteiger charge is 2.21. The van der Waals surface area contributed by atoms with Crippen LogP contribution in [-0.2, 0) is 4.79 Å². The molecule has 0 aliphatic carbocycles. The lowest BCUT2D eigenvalue weighted by molar-refractivity contribution is -0.119. The summed E-state index contributed by atoms with van der Waals surface area (Å²) in [7, 11) is 1.86. The minimum absolute atomic E-state index is 0.199. The van der Waals surface area contributed by atoms with E-state index in [-0.39, 0.29) is 5.91 Å². The molecular formula is C14H19BrN2O. The van der Waals surface area contributed by atoms with Crippen LogP contribution in [0.25, 0.3) is 0 Å². The van der Waals surface area contributed by atoms with Gasteiger partial charge < -0.3 is 10.2 Å². The van der Waals surface area contributed by atoms with Gasteiger partial charge in [0.25, 0.3) is 0 Å². The van der Waals surface area contributed by atoms with Crippen LogP contribution in [0.2, 0.25) is 0 Å². The Bertz CT molecular complexity index is 441. The van der Waals surface area contributed by atoms with Crippen molar-refractivity contribution < 1.29 is 4.79 Å². The fraction of sp³-hybridized carbons (Fsp3) is 0.500. The van der Waals surface area contributed by atoms with Crippen LogP contribution in [0.1, 0.15) is 18.4 Å². The van der Waals surface area contributed by atoms with E-state index in [0.717, 1.165) is 35.2 Å². The highest BCUT2D eigenvalue weighted by Crippen LogP contribution is 2.25. The summed E-state index contributed by atoms with van der Waals surface area (Å²) in [5.41, 5.74) is 2.11. The molecule has 0 saturated carbocycles. The number of rotatable bonds is 3. The van der Waals surface area contributed by atoms with Crippen LogP contribution in [0.15, 0.2) is 22.7 Å². The predicted octanol–water partition coefficient (Wildman–Crippen LogP) is 2.72. The molecule has 0 aromatic heterocycles. The Labute approximate surface area is 117 Å². The van der Waals surface area contributed by atoms with Crippen LogP contribution in [0.5, 0.6) is 0 Å². The number of hydrogen-bond acceptors (Lipinski definition) is 2. The van der Waals surface area contributed by atoms with Gasteiger partial charge in [0.1, 0.15) is 0 Å². The second-order valence-corrected chi connectivity index (χ2v) is 5.86. The first-order chi connectivity index (χ1) is 8.58. The third kappa shape index (κ3) is 3.12. The van der Waals surface area contributed by atoms with Crippen molar-refractivity contribution in [1.82, 2.24) is 5.32 Å². The van der Waals surface area contributed by atoms with Crippen LogP contribution in [-0.4, -0.2) is 26.0 Å². The van der Waals surface area contributed by atoms with Gasteiger partial charge >= 0.3 is 0 Å². The van der Waals surface area contributed by atoms with Crippen molar-refractivity contribution in [3.8, 4) is 0 Å². The van der Waals surface area contributed by atoms with Gasteiger partial charge in [0.2, 0.25) is 5.91 Å². The summed E-state index contributed by atoms with van der Waals surface area (Å²) in [5, 5.41) is 3.30. The SMILES string of the molecule is Cc1ccc(Br)cc1N(C)C(=O)CC1CCNC1. The molecule has 1 atom stereocenters. The number of nitrogens with zero attached hydrogens (tertiary/aromatic N) is 1. The zero-order valence-corrected chi connectivity index (χ0v) is 12.5. The van der Waals surface area contributed by atoms with Gasteiger partial charge in [-0.05, 0) is 50.0 Å². The van der Waals surface area contributed by atoms with Crippen LogP contribution in [0.3, 0.4) is 0 Å². The van der Waals surface area contributed by atoms with Crippen molar-refractivity contribution in [2.24, 2.45) is 5.92 Å². The van der Waals surface area contributed by atoms with Gasteiger partial charge in [-0.25, -0.2) is 0 Å². The third-order valence-corrected chi connectivity index (χ3v) is 4.03. The van der Waals surface area contributed by atoms with Gasteiger partial charge in [-0.15, -0.1) is 0 Å². The summed E-state index contributed by atoms with van der Waals surface area (Å²) >= 11 is 3.45. The normalized spacial score (nSPS) is 18.9. The number of benzene rings is 1. The smallest absolute Gasteiger partial charge is 0.227 e. The van der Waals surface area contributed by atoms with Crippen molar-refractivity contribution in [2.45, 2.75) is 19.8 Å². The summed E-state index contributed by atoms with van der Waals surface area (Å²) in [6, 6.07) is 6.03. The van der Waals surface area contributed by atoms with Gasteiger partial charge in [0, 0.05) is 23.6 Å². The minimum Gasteiger partial charge on any atom is -0.316 e. The molecule has 1 N–H and O–H groups in total. The molecular weight excluding hydrogens is 292 g/mol. The molecule has 1 aliphatic rings. The predicted molar refractivity (Wildman–Crippen MR) is 77.9 cm³/mol. The molecule has 0 bridgehead atoms. The Morgan fingerprint density at radius 1 is 1.56 bits per heavy atom. The maximum atomic E-state index is 12.2. The number of halogens is 1. The molecule has 0 spiro atoms. The Kier molecular flexibility index (Phi) is 4.40. The first-order valence-corrected chi connectivity index (χ1v) is 7.10. The average molecular weight is 311 g/mol. The van der Waals surface area contributed by atoms with Gasteiger partial charge in [-0.2, -0.15) is 0 Å². The van der Waals surface area contributed by atoms with E-state index >= 15 is 0 Å². The van der Waals surface area contributed by atoms with E-state index in [4.69, 9.17) is 0 Å². The fourth-order valence-electron chi connectivity index (χ4n) is 2.35. The summed E-state index contributed by atoms with van der Waals surface area (Å²) in [6.45, 7) is 4.04. The zero-order chi connectivity index (χ0) is 13.1. The Balaban J connectivity index is 2.07. The topological polar surface area (TPSA) is 32.3 Å². The molecule has 98 valence electrons.